The van der Waals surface area contributed by atoms with Crippen molar-refractivity contribution in [3.8, 4) is 51.0 Å². The Labute approximate surface area is 323 Å². The molecule has 0 aliphatic rings. The third-order valence-corrected chi connectivity index (χ3v) is 11.7. The monoisotopic (exact) mass is 700 g/mol. The molecule has 0 unspecified atom stereocenters. The average Bonchev–Trinajstić information content (AvgIpc) is 3.79. The van der Waals surface area contributed by atoms with Gasteiger partial charge in [0.2, 0.25) is 0 Å². The summed E-state index contributed by atoms with van der Waals surface area (Å²) in [5.74, 6) is 1.85. The molecule has 3 aromatic heterocycles. The van der Waals surface area contributed by atoms with E-state index in [-0.39, 0.29) is 0 Å². The number of aromatic nitrogens is 4. The summed E-state index contributed by atoms with van der Waals surface area (Å²) >= 11 is 0. The molecule has 0 aliphatic carbocycles. The van der Waals surface area contributed by atoms with Crippen LogP contribution in [-0.4, -0.2) is 58.8 Å². The molecule has 0 spiro atoms. The Morgan fingerprint density at radius 1 is 0.418 bits per heavy atom. The largest absolute Gasteiger partial charge is 0.454 e. The molecular weight excluding hydrogens is 667 g/mol. The number of nitrogens with zero attached hydrogens (tertiary/aromatic N) is 4. The molecule has 0 aliphatic heterocycles. The van der Waals surface area contributed by atoms with Gasteiger partial charge in [-0.05, 0) is 35.4 Å². The summed E-state index contributed by atoms with van der Waals surface area (Å²) in [6, 6.07) is 48.3. The number of benzene rings is 7. The zero-order valence-corrected chi connectivity index (χ0v) is 31.5. The van der Waals surface area contributed by atoms with E-state index in [1.54, 1.807) is 0 Å². The minimum atomic E-state index is 0.599. The average molecular weight is 700 g/mol. The van der Waals surface area contributed by atoms with Crippen LogP contribution in [0.4, 0.5) is 0 Å². The molecule has 7 aromatic carbocycles. The van der Waals surface area contributed by atoms with Crippen LogP contribution < -0.4 is 27.3 Å². The Hall–Kier alpha value is -6.53. The van der Waals surface area contributed by atoms with Crippen molar-refractivity contribution >= 4 is 110 Å². The molecule has 254 valence electrons. The van der Waals surface area contributed by atoms with Gasteiger partial charge in [0.1, 0.15) is 44.8 Å². The highest BCUT2D eigenvalue weighted by atomic mass is 16.3. The van der Waals surface area contributed by atoms with Crippen LogP contribution >= 0.6 is 0 Å². The number of rotatable bonds is 5. The molecule has 0 fully saturated rings. The van der Waals surface area contributed by atoms with Crippen LogP contribution in [0, 0.1) is 0 Å². The van der Waals surface area contributed by atoms with Crippen molar-refractivity contribution in [1.29, 1.82) is 0 Å². The van der Waals surface area contributed by atoms with Crippen LogP contribution in [0.5, 0.6) is 0 Å². The first kappa shape index (κ1) is 33.1. The predicted octanol–water partition coefficient (Wildman–Crippen LogP) is 2.83. The lowest BCUT2D eigenvalue weighted by Crippen LogP contribution is -2.55. The van der Waals surface area contributed by atoms with E-state index in [4.69, 9.17) is 19.4 Å². The molecule has 10 aromatic rings. The molecule has 0 radical (unpaired) electrons. The van der Waals surface area contributed by atoms with Gasteiger partial charge in [-0.25, -0.2) is 15.0 Å². The molecule has 10 heteroatoms. The second kappa shape index (κ2) is 12.8. The third-order valence-electron chi connectivity index (χ3n) is 11.7. The van der Waals surface area contributed by atoms with Crippen LogP contribution in [0.15, 0.2) is 144 Å². The summed E-state index contributed by atoms with van der Waals surface area (Å²) in [6.07, 6.45) is 0. The van der Waals surface area contributed by atoms with Crippen molar-refractivity contribution in [1.82, 2.24) is 19.5 Å². The molecule has 0 N–H and O–H groups in total. The number of furan rings is 1. The summed E-state index contributed by atoms with van der Waals surface area (Å²) in [6.45, 7) is 0. The number of hydrogen-bond acceptors (Lipinski definition) is 4. The van der Waals surface area contributed by atoms with Gasteiger partial charge in [-0.2, -0.15) is 0 Å². The normalized spacial score (nSPS) is 11.6. The molecule has 55 heavy (non-hydrogen) atoms. The molecule has 0 saturated carbocycles. The predicted molar refractivity (Wildman–Crippen MR) is 244 cm³/mol. The number of hydrogen-bond donors (Lipinski definition) is 0. The lowest BCUT2D eigenvalue weighted by Gasteiger charge is -2.21. The Morgan fingerprint density at radius 3 is 1.64 bits per heavy atom. The van der Waals surface area contributed by atoms with Crippen LogP contribution in [0.1, 0.15) is 0 Å². The third kappa shape index (κ3) is 5.12. The molecule has 0 saturated heterocycles. The van der Waals surface area contributed by atoms with Gasteiger partial charge in [-0.3, -0.25) is 0 Å². The first-order valence-electron chi connectivity index (χ1n) is 18.8. The fourth-order valence-electron chi connectivity index (χ4n) is 8.52. The van der Waals surface area contributed by atoms with Crippen molar-refractivity contribution < 1.29 is 4.42 Å². The number of para-hydroxylation sites is 2. The van der Waals surface area contributed by atoms with E-state index in [0.29, 0.717) is 17.5 Å². The first-order chi connectivity index (χ1) is 26.9. The van der Waals surface area contributed by atoms with Crippen LogP contribution in [0.2, 0.25) is 0 Å². The van der Waals surface area contributed by atoms with Gasteiger partial charge in [-0.15, -0.1) is 16.4 Å². The van der Waals surface area contributed by atoms with E-state index >= 15 is 0 Å². The van der Waals surface area contributed by atoms with Crippen molar-refractivity contribution in [2.45, 2.75) is 0 Å². The van der Waals surface area contributed by atoms with E-state index in [1.807, 2.05) is 72.8 Å². The van der Waals surface area contributed by atoms with Gasteiger partial charge in [0.05, 0.1) is 16.7 Å². The second-order valence-corrected chi connectivity index (χ2v) is 14.5. The quantitative estimate of drug-likeness (QED) is 0.260. The van der Waals surface area contributed by atoms with Gasteiger partial charge < -0.3 is 8.98 Å². The summed E-state index contributed by atoms with van der Waals surface area (Å²) in [5, 5.41) is 4.43. The van der Waals surface area contributed by atoms with Gasteiger partial charge in [0.25, 0.3) is 0 Å². The first-order valence-corrected chi connectivity index (χ1v) is 18.8. The van der Waals surface area contributed by atoms with E-state index in [0.717, 1.165) is 55.3 Å². The lowest BCUT2D eigenvalue weighted by molar-refractivity contribution is 0.666. The second-order valence-electron chi connectivity index (χ2n) is 14.5. The standard InChI is InChI=1S/C45H33B5N4O/c46-37-36(38(47)40(49)41(50)39(37)48)27-17-9-21-31-34(27)26-16-7-8-20-30(26)54(31)32-22-10-18-28-35-29(19-11-23-33(35)55-42(28)32)45-52-43(24-12-3-1-4-13-24)51-44(53-45)25-14-5-2-6-15-25/h1-23H,46-50H2. The number of fused-ring (bicyclic) bond motifs is 6. The summed E-state index contributed by atoms with van der Waals surface area (Å²) < 4.78 is 9.28. The molecular formula is C45H33B5N4O. The van der Waals surface area contributed by atoms with E-state index in [9.17, 15) is 0 Å². The summed E-state index contributed by atoms with van der Waals surface area (Å²) in [5.41, 5.74) is 16.9. The fraction of sp³-hybridized carbons (Fsp3) is 0. The van der Waals surface area contributed by atoms with Crippen molar-refractivity contribution in [2.24, 2.45) is 0 Å². The molecule has 0 atom stereocenters. The molecule has 5 nitrogen and oxygen atoms in total. The van der Waals surface area contributed by atoms with Crippen LogP contribution in [0.3, 0.4) is 0 Å². The van der Waals surface area contributed by atoms with E-state index in [2.05, 4.69) is 111 Å². The zero-order chi connectivity index (χ0) is 37.4. The minimum absolute atomic E-state index is 0.599. The lowest BCUT2D eigenvalue weighted by atomic mass is 9.59. The summed E-state index contributed by atoms with van der Waals surface area (Å²) in [4.78, 5) is 15.1. The maximum Gasteiger partial charge on any atom is 0.164 e. The van der Waals surface area contributed by atoms with Crippen LogP contribution in [0.25, 0.3) is 94.7 Å². The molecule has 3 heterocycles. The highest BCUT2D eigenvalue weighted by Crippen LogP contribution is 2.42. The Balaban J connectivity index is 1.24. The smallest absolute Gasteiger partial charge is 0.164 e. The summed E-state index contributed by atoms with van der Waals surface area (Å²) in [7, 11) is 11.3. The zero-order valence-electron chi connectivity index (χ0n) is 31.5. The maximum atomic E-state index is 6.90. The fourth-order valence-corrected chi connectivity index (χ4v) is 8.52. The maximum absolute atomic E-state index is 6.90. The van der Waals surface area contributed by atoms with Gasteiger partial charge in [-0.1, -0.05) is 126 Å². The van der Waals surface area contributed by atoms with Gasteiger partial charge in [0.15, 0.2) is 23.1 Å². The highest BCUT2D eigenvalue weighted by molar-refractivity contribution is 6.69. The topological polar surface area (TPSA) is 56.7 Å². The SMILES string of the molecule is Bc1c(B)c(B)c(-c2cccc3c2c2ccccc2n3-c2cccc3c2oc2cccc(-c4nc(-c5ccccc5)nc(-c5ccccc5)n4)c23)c(B)c1B. The Morgan fingerprint density at radius 2 is 0.945 bits per heavy atom. The van der Waals surface area contributed by atoms with Crippen LogP contribution in [-0.2, 0) is 0 Å². The molecule has 0 bridgehead atoms. The van der Waals surface area contributed by atoms with Gasteiger partial charge >= 0.3 is 0 Å². The van der Waals surface area contributed by atoms with Crippen molar-refractivity contribution in [3.63, 3.8) is 0 Å². The Bertz CT molecular complexity index is 3070. The Kier molecular flexibility index (Phi) is 7.70. The molecule has 0 amide bonds. The van der Waals surface area contributed by atoms with E-state index in [1.165, 1.54) is 49.2 Å². The van der Waals surface area contributed by atoms with Crippen molar-refractivity contribution in [3.05, 3.63) is 140 Å². The van der Waals surface area contributed by atoms with E-state index < -0.39 is 0 Å². The highest BCUT2D eigenvalue weighted by Gasteiger charge is 2.23. The minimum Gasteiger partial charge on any atom is -0.454 e. The molecule has 10 rings (SSSR count). The van der Waals surface area contributed by atoms with Gasteiger partial charge in [0, 0.05) is 38.2 Å². The van der Waals surface area contributed by atoms with Crippen molar-refractivity contribution in [2.75, 3.05) is 0 Å².